The highest BCUT2D eigenvalue weighted by Crippen LogP contribution is 2.14. The average Bonchev–Trinajstić information content (AvgIpc) is 2.04. The standard InChI is InChI=1S/C9H10Br3N/c10-3-1-8-5-7(12)6-9(13-8)2-4-11/h5-6H,1-4H2. The number of aromatic nitrogens is 1. The molecule has 1 aromatic rings. The predicted molar refractivity (Wildman–Crippen MR) is 66.9 cm³/mol. The van der Waals surface area contributed by atoms with Crippen molar-refractivity contribution in [3.05, 3.63) is 28.0 Å². The highest BCUT2D eigenvalue weighted by molar-refractivity contribution is 9.10. The molecule has 0 fully saturated rings. The molecule has 0 aliphatic heterocycles. The highest BCUT2D eigenvalue weighted by Gasteiger charge is 2.00. The molecule has 4 heteroatoms. The molecule has 0 atom stereocenters. The van der Waals surface area contributed by atoms with Gasteiger partial charge in [-0.15, -0.1) is 0 Å². The van der Waals surface area contributed by atoms with Gasteiger partial charge in [-0.1, -0.05) is 47.8 Å². The maximum atomic E-state index is 4.52. The van der Waals surface area contributed by atoms with Crippen molar-refractivity contribution in [2.75, 3.05) is 10.7 Å². The molecule has 0 aromatic carbocycles. The topological polar surface area (TPSA) is 12.9 Å². The van der Waals surface area contributed by atoms with Crippen molar-refractivity contribution in [3.63, 3.8) is 0 Å². The van der Waals surface area contributed by atoms with Crippen molar-refractivity contribution in [3.8, 4) is 0 Å². The van der Waals surface area contributed by atoms with E-state index in [1.165, 1.54) is 0 Å². The van der Waals surface area contributed by atoms with E-state index in [-0.39, 0.29) is 0 Å². The van der Waals surface area contributed by atoms with Gasteiger partial charge in [-0.05, 0) is 25.0 Å². The number of rotatable bonds is 4. The molecule has 0 amide bonds. The van der Waals surface area contributed by atoms with Gasteiger partial charge in [-0.3, -0.25) is 4.98 Å². The van der Waals surface area contributed by atoms with Crippen LogP contribution in [0, 0.1) is 0 Å². The van der Waals surface area contributed by atoms with Gasteiger partial charge in [0.15, 0.2) is 0 Å². The molecule has 0 unspecified atom stereocenters. The van der Waals surface area contributed by atoms with Crippen molar-refractivity contribution in [1.29, 1.82) is 0 Å². The number of aryl methyl sites for hydroxylation is 2. The molecule has 0 spiro atoms. The molecule has 1 nitrogen and oxygen atoms in total. The van der Waals surface area contributed by atoms with Crippen LogP contribution in [0.2, 0.25) is 0 Å². The molecule has 13 heavy (non-hydrogen) atoms. The molecule has 72 valence electrons. The summed E-state index contributed by atoms with van der Waals surface area (Å²) in [5.41, 5.74) is 2.28. The summed E-state index contributed by atoms with van der Waals surface area (Å²) < 4.78 is 1.12. The van der Waals surface area contributed by atoms with Gasteiger partial charge in [0, 0.05) is 26.5 Å². The fourth-order valence-corrected chi connectivity index (χ4v) is 2.40. The first-order valence-electron chi connectivity index (χ1n) is 4.03. The lowest BCUT2D eigenvalue weighted by Gasteiger charge is -2.03. The number of halogens is 3. The average molecular weight is 372 g/mol. The zero-order valence-corrected chi connectivity index (χ0v) is 11.8. The number of hydrogen-bond donors (Lipinski definition) is 0. The Morgan fingerprint density at radius 3 is 1.85 bits per heavy atom. The summed E-state index contributed by atoms with van der Waals surface area (Å²) in [6.07, 6.45) is 1.96. The van der Waals surface area contributed by atoms with Gasteiger partial charge in [-0.25, -0.2) is 0 Å². The molecule has 0 aliphatic rings. The molecule has 0 N–H and O–H groups in total. The monoisotopic (exact) mass is 369 g/mol. The van der Waals surface area contributed by atoms with E-state index in [0.29, 0.717) is 0 Å². The molecule has 1 aromatic heterocycles. The molecule has 0 saturated carbocycles. The Morgan fingerprint density at radius 1 is 1.00 bits per heavy atom. The first kappa shape index (κ1) is 11.7. The van der Waals surface area contributed by atoms with Crippen LogP contribution in [0.15, 0.2) is 16.6 Å². The summed E-state index contributed by atoms with van der Waals surface area (Å²) in [5.74, 6) is 0. The molecule has 0 radical (unpaired) electrons. The van der Waals surface area contributed by atoms with Crippen LogP contribution in [0.1, 0.15) is 11.4 Å². The van der Waals surface area contributed by atoms with Gasteiger partial charge in [-0.2, -0.15) is 0 Å². The van der Waals surface area contributed by atoms with Crippen molar-refractivity contribution < 1.29 is 0 Å². The van der Waals surface area contributed by atoms with Gasteiger partial charge >= 0.3 is 0 Å². The molecule has 0 bridgehead atoms. The van der Waals surface area contributed by atoms with Gasteiger partial charge < -0.3 is 0 Å². The Bertz CT molecular complexity index is 251. The van der Waals surface area contributed by atoms with Crippen molar-refractivity contribution in [1.82, 2.24) is 4.98 Å². The van der Waals surface area contributed by atoms with Crippen LogP contribution in [0.25, 0.3) is 0 Å². The molecular weight excluding hydrogens is 362 g/mol. The maximum Gasteiger partial charge on any atom is 0.0426 e. The van der Waals surface area contributed by atoms with Crippen LogP contribution in [0.5, 0.6) is 0 Å². The maximum absolute atomic E-state index is 4.52. The third kappa shape index (κ3) is 4.09. The second-order valence-corrected chi connectivity index (χ2v) is 5.15. The fourth-order valence-electron chi connectivity index (χ4n) is 1.06. The Hall–Kier alpha value is 0.590. The second kappa shape index (κ2) is 6.14. The molecule has 0 aliphatic carbocycles. The zero-order chi connectivity index (χ0) is 9.68. The summed E-state index contributed by atoms with van der Waals surface area (Å²) in [4.78, 5) is 4.52. The van der Waals surface area contributed by atoms with Crippen LogP contribution in [-0.4, -0.2) is 15.6 Å². The summed E-state index contributed by atoms with van der Waals surface area (Å²) in [6.45, 7) is 0. The van der Waals surface area contributed by atoms with Gasteiger partial charge in [0.2, 0.25) is 0 Å². The number of alkyl halides is 2. The molecule has 1 heterocycles. The van der Waals surface area contributed by atoms with Crippen LogP contribution < -0.4 is 0 Å². The summed E-state index contributed by atoms with van der Waals surface area (Å²) in [5, 5.41) is 1.93. The summed E-state index contributed by atoms with van der Waals surface area (Å²) in [6, 6.07) is 4.14. The highest BCUT2D eigenvalue weighted by atomic mass is 79.9. The third-order valence-corrected chi connectivity index (χ3v) is 2.85. The second-order valence-electron chi connectivity index (χ2n) is 2.65. The van der Waals surface area contributed by atoms with Crippen LogP contribution in [0.3, 0.4) is 0 Å². The van der Waals surface area contributed by atoms with Crippen LogP contribution >= 0.6 is 47.8 Å². The van der Waals surface area contributed by atoms with E-state index in [2.05, 4.69) is 64.9 Å². The summed E-state index contributed by atoms with van der Waals surface area (Å²) in [7, 11) is 0. The molecule has 0 saturated heterocycles. The Kier molecular flexibility index (Phi) is 5.51. The van der Waals surface area contributed by atoms with Crippen LogP contribution in [0.4, 0.5) is 0 Å². The van der Waals surface area contributed by atoms with Crippen molar-refractivity contribution in [2.45, 2.75) is 12.8 Å². The fraction of sp³-hybridized carbons (Fsp3) is 0.444. The van der Waals surface area contributed by atoms with E-state index in [1.54, 1.807) is 0 Å². The van der Waals surface area contributed by atoms with Crippen molar-refractivity contribution >= 4 is 47.8 Å². The summed E-state index contributed by atoms with van der Waals surface area (Å²) >= 11 is 10.3. The van der Waals surface area contributed by atoms with Gasteiger partial charge in [0.1, 0.15) is 0 Å². The Labute approximate surface area is 104 Å². The van der Waals surface area contributed by atoms with Gasteiger partial charge in [0.05, 0.1) is 0 Å². The Balaban J connectivity index is 2.83. The van der Waals surface area contributed by atoms with E-state index in [1.807, 2.05) is 0 Å². The zero-order valence-electron chi connectivity index (χ0n) is 7.06. The number of hydrogen-bond acceptors (Lipinski definition) is 1. The van der Waals surface area contributed by atoms with Gasteiger partial charge in [0.25, 0.3) is 0 Å². The number of nitrogens with zero attached hydrogens (tertiary/aromatic N) is 1. The largest absolute Gasteiger partial charge is 0.258 e. The lowest BCUT2D eigenvalue weighted by molar-refractivity contribution is 0.966. The van der Waals surface area contributed by atoms with Crippen molar-refractivity contribution in [2.24, 2.45) is 0 Å². The Morgan fingerprint density at radius 2 is 1.46 bits per heavy atom. The normalized spacial score (nSPS) is 10.4. The first-order valence-corrected chi connectivity index (χ1v) is 7.07. The van der Waals surface area contributed by atoms with E-state index in [0.717, 1.165) is 39.4 Å². The molecular formula is C9H10Br3N. The third-order valence-electron chi connectivity index (χ3n) is 1.60. The first-order chi connectivity index (χ1) is 6.26. The quantitative estimate of drug-likeness (QED) is 0.735. The molecule has 1 rings (SSSR count). The van der Waals surface area contributed by atoms with E-state index < -0.39 is 0 Å². The van der Waals surface area contributed by atoms with E-state index in [4.69, 9.17) is 0 Å². The minimum Gasteiger partial charge on any atom is -0.258 e. The van der Waals surface area contributed by atoms with Crippen LogP contribution in [-0.2, 0) is 12.8 Å². The predicted octanol–water partition coefficient (Wildman–Crippen LogP) is 3.72. The van der Waals surface area contributed by atoms with E-state index >= 15 is 0 Å². The minimum absolute atomic E-state index is 0.963. The smallest absolute Gasteiger partial charge is 0.0426 e. The minimum atomic E-state index is 0.963. The lowest BCUT2D eigenvalue weighted by Crippen LogP contribution is -1.97. The number of pyridine rings is 1. The lowest BCUT2D eigenvalue weighted by atomic mass is 10.2. The SMILES string of the molecule is BrCCc1cc(Br)cc(CCBr)n1. The van der Waals surface area contributed by atoms with E-state index in [9.17, 15) is 0 Å².